The molecule has 1 aromatic rings. The second kappa shape index (κ2) is 4.56. The van der Waals surface area contributed by atoms with Gasteiger partial charge in [0.1, 0.15) is 4.90 Å². The molecule has 0 saturated carbocycles. The lowest BCUT2D eigenvalue weighted by atomic mass is 10.3. The molecule has 0 aliphatic rings. The molecular formula is C8H11N3O2S2. The molecule has 1 rings (SSSR count). The maximum absolute atomic E-state index is 11.6. The maximum Gasteiger partial charge on any atom is 0.242 e. The Hall–Kier alpha value is -1.18. The number of anilines is 1. The first-order valence-electron chi connectivity index (χ1n) is 4.06. The van der Waals surface area contributed by atoms with Crippen LogP contribution in [0, 0.1) is 0 Å². The molecule has 0 amide bonds. The Morgan fingerprint density at radius 1 is 1.40 bits per heavy atom. The molecule has 1 aromatic carbocycles. The molecule has 15 heavy (non-hydrogen) atoms. The van der Waals surface area contributed by atoms with Gasteiger partial charge in [-0.25, -0.2) is 13.1 Å². The minimum absolute atomic E-state index is 0.0220. The van der Waals surface area contributed by atoms with Gasteiger partial charge in [0.05, 0.1) is 5.69 Å². The molecule has 0 heterocycles. The van der Waals surface area contributed by atoms with E-state index >= 15 is 0 Å². The molecule has 7 heteroatoms. The van der Waals surface area contributed by atoms with Gasteiger partial charge < -0.3 is 11.1 Å². The second-order valence-electron chi connectivity index (χ2n) is 2.69. The topological polar surface area (TPSA) is 84.2 Å². The van der Waals surface area contributed by atoms with Crippen LogP contribution in [0.2, 0.25) is 0 Å². The second-order valence-corrected chi connectivity index (χ2v) is 4.99. The van der Waals surface area contributed by atoms with Crippen LogP contribution in [-0.4, -0.2) is 20.6 Å². The van der Waals surface area contributed by atoms with Crippen LogP contribution in [0.15, 0.2) is 29.2 Å². The summed E-state index contributed by atoms with van der Waals surface area (Å²) in [6.07, 6.45) is 0. The van der Waals surface area contributed by atoms with E-state index in [0.29, 0.717) is 5.69 Å². The van der Waals surface area contributed by atoms with Crippen molar-refractivity contribution in [2.75, 3.05) is 12.4 Å². The van der Waals surface area contributed by atoms with E-state index in [4.69, 9.17) is 5.73 Å². The van der Waals surface area contributed by atoms with Gasteiger partial charge >= 0.3 is 0 Å². The summed E-state index contributed by atoms with van der Waals surface area (Å²) in [6.45, 7) is 0. The van der Waals surface area contributed by atoms with E-state index in [1.54, 1.807) is 18.2 Å². The monoisotopic (exact) mass is 245 g/mol. The van der Waals surface area contributed by atoms with Crippen LogP contribution >= 0.6 is 12.2 Å². The molecule has 0 saturated heterocycles. The smallest absolute Gasteiger partial charge is 0.242 e. The predicted octanol–water partition coefficient (Wildman–Crippen LogP) is 0.250. The number of nitrogens with two attached hydrogens (primary N) is 1. The Labute approximate surface area is 93.7 Å². The van der Waals surface area contributed by atoms with Crippen LogP contribution in [0.1, 0.15) is 0 Å². The maximum atomic E-state index is 11.6. The Morgan fingerprint density at radius 3 is 2.53 bits per heavy atom. The predicted molar refractivity (Wildman–Crippen MR) is 63.1 cm³/mol. The van der Waals surface area contributed by atoms with Crippen molar-refractivity contribution in [3.8, 4) is 0 Å². The molecule has 0 unspecified atom stereocenters. The first kappa shape index (κ1) is 11.9. The van der Waals surface area contributed by atoms with Crippen LogP contribution in [-0.2, 0) is 10.0 Å². The van der Waals surface area contributed by atoms with E-state index in [2.05, 4.69) is 22.3 Å². The minimum atomic E-state index is -3.50. The summed E-state index contributed by atoms with van der Waals surface area (Å²) in [7, 11) is -2.16. The van der Waals surface area contributed by atoms with E-state index in [1.165, 1.54) is 13.1 Å². The van der Waals surface area contributed by atoms with Crippen molar-refractivity contribution < 1.29 is 8.42 Å². The van der Waals surface area contributed by atoms with Gasteiger partial charge in [0, 0.05) is 0 Å². The first-order chi connectivity index (χ1) is 6.97. The molecule has 5 nitrogen and oxygen atoms in total. The zero-order chi connectivity index (χ0) is 11.5. The van der Waals surface area contributed by atoms with Crippen molar-refractivity contribution >= 4 is 33.0 Å². The lowest BCUT2D eigenvalue weighted by Gasteiger charge is -2.10. The Morgan fingerprint density at radius 2 is 2.00 bits per heavy atom. The first-order valence-corrected chi connectivity index (χ1v) is 5.95. The highest BCUT2D eigenvalue weighted by atomic mass is 32.2. The number of thiocarbonyl (C=S) groups is 1. The Kier molecular flexibility index (Phi) is 3.61. The minimum Gasteiger partial charge on any atom is -0.376 e. The van der Waals surface area contributed by atoms with Crippen LogP contribution in [0.3, 0.4) is 0 Å². The van der Waals surface area contributed by atoms with Gasteiger partial charge in [-0.3, -0.25) is 0 Å². The molecule has 0 fully saturated rings. The fourth-order valence-electron chi connectivity index (χ4n) is 1.05. The molecule has 4 N–H and O–H groups in total. The molecule has 0 aromatic heterocycles. The zero-order valence-corrected chi connectivity index (χ0v) is 9.65. The SMILES string of the molecule is CNS(=O)(=O)c1ccccc1NC(N)=S. The number of nitrogens with one attached hydrogen (secondary N) is 2. The summed E-state index contributed by atoms with van der Waals surface area (Å²) < 4.78 is 25.4. The summed E-state index contributed by atoms with van der Waals surface area (Å²) in [5, 5.41) is 2.63. The highest BCUT2D eigenvalue weighted by molar-refractivity contribution is 7.89. The molecule has 0 bridgehead atoms. The van der Waals surface area contributed by atoms with E-state index < -0.39 is 10.0 Å². The fourth-order valence-corrected chi connectivity index (χ4v) is 2.04. The third kappa shape index (κ3) is 2.88. The summed E-state index contributed by atoms with van der Waals surface area (Å²) in [4.78, 5) is 0.111. The third-order valence-electron chi connectivity index (χ3n) is 1.70. The fraction of sp³-hybridized carbons (Fsp3) is 0.125. The van der Waals surface area contributed by atoms with Gasteiger partial charge in [0.25, 0.3) is 0 Å². The summed E-state index contributed by atoms with van der Waals surface area (Å²) >= 11 is 4.65. The van der Waals surface area contributed by atoms with Crippen molar-refractivity contribution in [3.05, 3.63) is 24.3 Å². The largest absolute Gasteiger partial charge is 0.376 e. The van der Waals surface area contributed by atoms with Gasteiger partial charge in [-0.05, 0) is 31.4 Å². The number of benzene rings is 1. The molecule has 82 valence electrons. The molecule has 0 spiro atoms. The normalized spacial score (nSPS) is 11.0. The molecule has 0 radical (unpaired) electrons. The summed E-state index contributed by atoms with van der Waals surface area (Å²) in [6, 6.07) is 6.36. The number of para-hydroxylation sites is 1. The van der Waals surface area contributed by atoms with Crippen molar-refractivity contribution in [1.29, 1.82) is 0 Å². The lowest BCUT2D eigenvalue weighted by molar-refractivity contribution is 0.588. The van der Waals surface area contributed by atoms with Gasteiger partial charge in [-0.1, -0.05) is 12.1 Å². The van der Waals surface area contributed by atoms with E-state index in [9.17, 15) is 8.42 Å². The van der Waals surface area contributed by atoms with Gasteiger partial charge in [-0.2, -0.15) is 0 Å². The van der Waals surface area contributed by atoms with Crippen molar-refractivity contribution in [3.63, 3.8) is 0 Å². The number of rotatable bonds is 3. The summed E-state index contributed by atoms with van der Waals surface area (Å²) in [5.74, 6) is 0. The molecule has 0 aliphatic heterocycles. The highest BCUT2D eigenvalue weighted by Gasteiger charge is 2.15. The average Bonchev–Trinajstić information content (AvgIpc) is 2.17. The number of hydrogen-bond donors (Lipinski definition) is 3. The quantitative estimate of drug-likeness (QED) is 0.665. The van der Waals surface area contributed by atoms with Gasteiger partial charge in [-0.15, -0.1) is 0 Å². The standard InChI is InChI=1S/C8H11N3O2S2/c1-10-15(12,13)7-5-3-2-4-6(7)11-8(9)14/h2-5,10H,1H3,(H3,9,11,14). The third-order valence-corrected chi connectivity index (χ3v) is 3.28. The van der Waals surface area contributed by atoms with Crippen molar-refractivity contribution in [1.82, 2.24) is 4.72 Å². The Balaban J connectivity index is 3.24. The van der Waals surface area contributed by atoms with Gasteiger partial charge in [0.15, 0.2) is 5.11 Å². The van der Waals surface area contributed by atoms with Crippen LogP contribution < -0.4 is 15.8 Å². The molecule has 0 aliphatic carbocycles. The zero-order valence-electron chi connectivity index (χ0n) is 8.02. The van der Waals surface area contributed by atoms with Crippen molar-refractivity contribution in [2.24, 2.45) is 5.73 Å². The average molecular weight is 245 g/mol. The highest BCUT2D eigenvalue weighted by Crippen LogP contribution is 2.19. The van der Waals surface area contributed by atoms with E-state index in [-0.39, 0.29) is 10.0 Å². The van der Waals surface area contributed by atoms with E-state index in [1.807, 2.05) is 0 Å². The van der Waals surface area contributed by atoms with E-state index in [0.717, 1.165) is 0 Å². The lowest BCUT2D eigenvalue weighted by Crippen LogP contribution is -2.24. The number of sulfonamides is 1. The van der Waals surface area contributed by atoms with Crippen LogP contribution in [0.25, 0.3) is 0 Å². The number of hydrogen-bond acceptors (Lipinski definition) is 3. The molecule has 0 atom stereocenters. The van der Waals surface area contributed by atoms with Crippen LogP contribution in [0.4, 0.5) is 5.69 Å². The van der Waals surface area contributed by atoms with Crippen molar-refractivity contribution in [2.45, 2.75) is 4.90 Å². The molecular weight excluding hydrogens is 234 g/mol. The van der Waals surface area contributed by atoms with Gasteiger partial charge in [0.2, 0.25) is 10.0 Å². The van der Waals surface area contributed by atoms with Crippen LogP contribution in [0.5, 0.6) is 0 Å². The summed E-state index contributed by atoms with van der Waals surface area (Å²) in [5.41, 5.74) is 5.64. The Bertz CT molecular complexity index is 471.